The highest BCUT2D eigenvalue weighted by atomic mass is 19.1. The number of nitrogens with zero attached hydrogens (tertiary/aromatic N) is 4. The molecule has 0 saturated carbocycles. The number of fused-ring (bicyclic) bond motifs is 4. The molecule has 0 N–H and O–H groups in total. The molecule has 162 valence electrons. The van der Waals surface area contributed by atoms with Crippen LogP contribution < -0.4 is 9.47 Å². The van der Waals surface area contributed by atoms with Crippen LogP contribution in [0.25, 0.3) is 38.8 Å². The van der Waals surface area contributed by atoms with E-state index in [2.05, 4.69) is 4.98 Å². The molecule has 0 fully saturated rings. The molecule has 1 aliphatic rings. The topological polar surface area (TPSA) is 92.3 Å². The Balaban J connectivity index is 1.69. The number of nitro benzene ring substituents is 1. The Morgan fingerprint density at radius 1 is 0.970 bits per heavy atom. The fourth-order valence-corrected chi connectivity index (χ4v) is 4.07. The first kappa shape index (κ1) is 19.2. The Morgan fingerprint density at radius 2 is 1.73 bits per heavy atom. The van der Waals surface area contributed by atoms with E-state index in [9.17, 15) is 14.5 Å². The van der Waals surface area contributed by atoms with Gasteiger partial charge in [-0.25, -0.2) is 9.07 Å². The monoisotopic (exact) mass is 442 g/mol. The van der Waals surface area contributed by atoms with Crippen LogP contribution in [0.3, 0.4) is 0 Å². The lowest BCUT2D eigenvalue weighted by Gasteiger charge is -2.19. The predicted octanol–water partition coefficient (Wildman–Crippen LogP) is 5.06. The van der Waals surface area contributed by atoms with Gasteiger partial charge in [0.15, 0.2) is 11.5 Å². The fraction of sp³-hybridized carbons (Fsp3) is 0.0833. The molecule has 0 atom stereocenters. The van der Waals surface area contributed by atoms with Crippen LogP contribution in [0.1, 0.15) is 0 Å². The van der Waals surface area contributed by atoms with Gasteiger partial charge in [-0.15, -0.1) is 0 Å². The summed E-state index contributed by atoms with van der Waals surface area (Å²) in [5.74, 6) is 0.854. The number of hydrogen-bond donors (Lipinski definition) is 0. The fourth-order valence-electron chi connectivity index (χ4n) is 4.07. The maximum atomic E-state index is 13.5. The first-order valence-corrected chi connectivity index (χ1v) is 10.2. The van der Waals surface area contributed by atoms with Crippen LogP contribution in [-0.4, -0.2) is 32.9 Å². The van der Waals surface area contributed by atoms with E-state index < -0.39 is 4.92 Å². The molecule has 0 saturated heterocycles. The van der Waals surface area contributed by atoms with Crippen LogP contribution >= 0.6 is 0 Å². The van der Waals surface area contributed by atoms with Gasteiger partial charge in [0.25, 0.3) is 5.69 Å². The Labute approximate surface area is 186 Å². The zero-order chi connectivity index (χ0) is 22.5. The molecular weight excluding hydrogens is 427 g/mol. The number of benzene rings is 3. The molecule has 0 unspecified atom stereocenters. The molecule has 0 bridgehead atoms. The van der Waals surface area contributed by atoms with E-state index >= 15 is 0 Å². The highest BCUT2D eigenvalue weighted by molar-refractivity contribution is 6.09. The van der Waals surface area contributed by atoms with E-state index in [-0.39, 0.29) is 11.5 Å². The van der Waals surface area contributed by atoms with Gasteiger partial charge in [-0.1, -0.05) is 6.07 Å². The van der Waals surface area contributed by atoms with Gasteiger partial charge in [-0.05, 0) is 36.4 Å². The summed E-state index contributed by atoms with van der Waals surface area (Å²) < 4.78 is 26.7. The zero-order valence-electron chi connectivity index (χ0n) is 17.1. The molecule has 8 nitrogen and oxygen atoms in total. The minimum atomic E-state index is -0.447. The van der Waals surface area contributed by atoms with Crippen molar-refractivity contribution in [3.8, 4) is 28.4 Å². The van der Waals surface area contributed by atoms with Gasteiger partial charge in [-0.2, -0.15) is 5.10 Å². The van der Waals surface area contributed by atoms with Crippen molar-refractivity contribution in [3.05, 3.63) is 82.8 Å². The van der Waals surface area contributed by atoms with Crippen LogP contribution in [0.5, 0.6) is 11.5 Å². The summed E-state index contributed by atoms with van der Waals surface area (Å²) in [6.07, 6.45) is 1.70. The van der Waals surface area contributed by atoms with Crippen molar-refractivity contribution < 1.29 is 18.8 Å². The number of ether oxygens (including phenoxy) is 2. The lowest BCUT2D eigenvalue weighted by atomic mass is 10.1. The van der Waals surface area contributed by atoms with Crippen LogP contribution in [0.2, 0.25) is 0 Å². The van der Waals surface area contributed by atoms with E-state index in [1.807, 2.05) is 12.1 Å². The summed E-state index contributed by atoms with van der Waals surface area (Å²) in [4.78, 5) is 15.5. The molecule has 0 amide bonds. The van der Waals surface area contributed by atoms with Gasteiger partial charge in [0, 0.05) is 40.7 Å². The smallest absolute Gasteiger partial charge is 0.271 e. The third-order valence-corrected chi connectivity index (χ3v) is 5.57. The van der Waals surface area contributed by atoms with E-state index in [1.54, 1.807) is 35.1 Å². The van der Waals surface area contributed by atoms with Gasteiger partial charge in [0.1, 0.15) is 24.7 Å². The van der Waals surface area contributed by atoms with Crippen molar-refractivity contribution >= 4 is 27.5 Å². The Kier molecular flexibility index (Phi) is 4.22. The summed E-state index contributed by atoms with van der Waals surface area (Å²) >= 11 is 0. The largest absolute Gasteiger partial charge is 0.486 e. The Hall–Kier alpha value is -4.53. The second-order valence-electron chi connectivity index (χ2n) is 7.58. The molecule has 3 aromatic carbocycles. The first-order chi connectivity index (χ1) is 16.1. The first-order valence-electron chi connectivity index (χ1n) is 10.2. The van der Waals surface area contributed by atoms with Gasteiger partial charge in [0.05, 0.1) is 21.6 Å². The standard InChI is InChI=1S/C24H15FN4O4/c25-15-6-4-14(5-7-15)23-19-13-26-20-12-22-21(32-8-9-33-22)11-18(20)24(19)28(27-23)16-2-1-3-17(10-16)29(30)31/h1-7,10-13H,8-9H2. The molecule has 0 aliphatic carbocycles. The molecule has 3 heterocycles. The van der Waals surface area contributed by atoms with Crippen molar-refractivity contribution in [1.82, 2.24) is 14.8 Å². The highest BCUT2D eigenvalue weighted by Gasteiger charge is 2.21. The summed E-state index contributed by atoms with van der Waals surface area (Å²) in [7, 11) is 0. The highest BCUT2D eigenvalue weighted by Crippen LogP contribution is 2.39. The van der Waals surface area contributed by atoms with Crippen molar-refractivity contribution in [3.63, 3.8) is 0 Å². The number of pyridine rings is 1. The molecule has 1 aliphatic heterocycles. The maximum Gasteiger partial charge on any atom is 0.271 e. The number of rotatable bonds is 3. The zero-order valence-corrected chi connectivity index (χ0v) is 17.1. The van der Waals surface area contributed by atoms with E-state index in [0.717, 1.165) is 10.8 Å². The van der Waals surface area contributed by atoms with Crippen molar-refractivity contribution in [1.29, 1.82) is 0 Å². The summed E-state index contributed by atoms with van der Waals surface area (Å²) in [5.41, 5.74) is 3.13. The van der Waals surface area contributed by atoms with Crippen LogP contribution in [0.15, 0.2) is 66.9 Å². The quantitative estimate of drug-likeness (QED) is 0.287. The number of aromatic nitrogens is 3. The molecule has 6 rings (SSSR count). The van der Waals surface area contributed by atoms with Gasteiger partial charge in [-0.3, -0.25) is 15.1 Å². The van der Waals surface area contributed by atoms with E-state index in [1.165, 1.54) is 24.3 Å². The average molecular weight is 442 g/mol. The number of hydrogen-bond acceptors (Lipinski definition) is 6. The van der Waals surface area contributed by atoms with E-state index in [0.29, 0.717) is 52.7 Å². The third kappa shape index (κ3) is 3.13. The SMILES string of the molecule is O=[N+]([O-])c1cccc(-n2nc(-c3ccc(F)cc3)c3cnc4cc5c(cc4c32)OCCO5)c1. The minimum absolute atomic E-state index is 0.0491. The van der Waals surface area contributed by atoms with Gasteiger partial charge < -0.3 is 9.47 Å². The lowest BCUT2D eigenvalue weighted by molar-refractivity contribution is -0.384. The second-order valence-corrected chi connectivity index (χ2v) is 7.58. The van der Waals surface area contributed by atoms with Crippen LogP contribution in [0.4, 0.5) is 10.1 Å². The molecule has 33 heavy (non-hydrogen) atoms. The third-order valence-electron chi connectivity index (χ3n) is 5.57. The molecular formula is C24H15FN4O4. The van der Waals surface area contributed by atoms with Crippen LogP contribution in [-0.2, 0) is 0 Å². The maximum absolute atomic E-state index is 13.5. The Morgan fingerprint density at radius 3 is 2.48 bits per heavy atom. The van der Waals surface area contributed by atoms with Crippen LogP contribution in [0, 0.1) is 15.9 Å². The molecule has 2 aromatic heterocycles. The lowest BCUT2D eigenvalue weighted by Crippen LogP contribution is -2.15. The molecule has 9 heteroatoms. The van der Waals surface area contributed by atoms with Crippen molar-refractivity contribution in [2.75, 3.05) is 13.2 Å². The molecule has 0 radical (unpaired) electrons. The summed E-state index contributed by atoms with van der Waals surface area (Å²) in [5, 5.41) is 17.6. The number of halogens is 1. The van der Waals surface area contributed by atoms with Gasteiger partial charge in [0.2, 0.25) is 0 Å². The Bertz CT molecular complexity index is 1560. The van der Waals surface area contributed by atoms with Gasteiger partial charge >= 0.3 is 0 Å². The minimum Gasteiger partial charge on any atom is -0.486 e. The number of nitro groups is 1. The second kappa shape index (κ2) is 7.27. The van der Waals surface area contributed by atoms with Crippen molar-refractivity contribution in [2.24, 2.45) is 0 Å². The molecule has 5 aromatic rings. The summed E-state index contributed by atoms with van der Waals surface area (Å²) in [6, 6.07) is 15.9. The van der Waals surface area contributed by atoms with E-state index in [4.69, 9.17) is 14.6 Å². The number of non-ortho nitro benzene ring substituents is 1. The summed E-state index contributed by atoms with van der Waals surface area (Å²) in [6.45, 7) is 0.897. The predicted molar refractivity (Wildman–Crippen MR) is 119 cm³/mol. The molecule has 0 spiro atoms. The van der Waals surface area contributed by atoms with Crippen molar-refractivity contribution in [2.45, 2.75) is 0 Å². The normalized spacial score (nSPS) is 12.9. The average Bonchev–Trinajstić information content (AvgIpc) is 3.23.